The van der Waals surface area contributed by atoms with Gasteiger partial charge in [0.25, 0.3) is 0 Å². The number of rotatable bonds is 2. The molecule has 0 aliphatic carbocycles. The number of hydrogen-bond donors (Lipinski definition) is 0. The van der Waals surface area contributed by atoms with E-state index < -0.39 is 11.6 Å². The Morgan fingerprint density at radius 1 is 1.35 bits per heavy atom. The van der Waals surface area contributed by atoms with E-state index in [-0.39, 0.29) is 22.0 Å². The van der Waals surface area contributed by atoms with Gasteiger partial charge in [-0.05, 0) is 27.9 Å². The molecule has 1 heterocycles. The summed E-state index contributed by atoms with van der Waals surface area (Å²) in [6.45, 7) is 0.419. The van der Waals surface area contributed by atoms with Crippen LogP contribution in [-0.4, -0.2) is 17.8 Å². The van der Waals surface area contributed by atoms with E-state index in [9.17, 15) is 13.6 Å². The van der Waals surface area contributed by atoms with Crippen molar-refractivity contribution in [3.05, 3.63) is 28.2 Å². The van der Waals surface area contributed by atoms with Crippen molar-refractivity contribution in [2.75, 3.05) is 16.8 Å². The molecular weight excluding hydrogens is 360 g/mol. The van der Waals surface area contributed by atoms with E-state index in [4.69, 9.17) is 0 Å². The molecule has 0 N–H and O–H groups in total. The summed E-state index contributed by atoms with van der Waals surface area (Å²) in [7, 11) is 0. The highest BCUT2D eigenvalue weighted by molar-refractivity contribution is 9.10. The smallest absolute Gasteiger partial charge is 0.227 e. The van der Waals surface area contributed by atoms with Gasteiger partial charge in [-0.3, -0.25) is 4.79 Å². The van der Waals surface area contributed by atoms with Crippen molar-refractivity contribution in [1.82, 2.24) is 0 Å². The summed E-state index contributed by atoms with van der Waals surface area (Å²) >= 11 is 6.20. The fraction of sp³-hybridized carbons (Fsp3) is 0.364. The highest BCUT2D eigenvalue weighted by Crippen LogP contribution is 2.31. The number of nitrogens with zero attached hydrogens (tertiary/aromatic N) is 1. The largest absolute Gasteiger partial charge is 0.309 e. The molecule has 1 aromatic rings. The van der Waals surface area contributed by atoms with Gasteiger partial charge >= 0.3 is 0 Å². The van der Waals surface area contributed by atoms with E-state index >= 15 is 0 Å². The van der Waals surface area contributed by atoms with Gasteiger partial charge in [0.05, 0.1) is 10.2 Å². The maximum atomic E-state index is 13.7. The monoisotopic (exact) mass is 367 g/mol. The number of carbonyl (C=O) groups is 1. The molecule has 1 aromatic carbocycles. The quantitative estimate of drug-likeness (QED) is 0.578. The minimum Gasteiger partial charge on any atom is -0.309 e. The molecule has 2 nitrogen and oxygen atoms in total. The van der Waals surface area contributed by atoms with Crippen molar-refractivity contribution in [3.63, 3.8) is 0 Å². The van der Waals surface area contributed by atoms with E-state index in [2.05, 4.69) is 31.9 Å². The topological polar surface area (TPSA) is 20.3 Å². The fourth-order valence-corrected chi connectivity index (χ4v) is 2.59. The minimum atomic E-state index is -0.596. The van der Waals surface area contributed by atoms with Gasteiger partial charge in [-0.2, -0.15) is 0 Å². The summed E-state index contributed by atoms with van der Waals surface area (Å²) in [5.74, 6) is -1.19. The second kappa shape index (κ2) is 5.02. The van der Waals surface area contributed by atoms with Crippen LogP contribution in [0.2, 0.25) is 0 Å². The molecular formula is C11H9Br2F2NO. The summed E-state index contributed by atoms with van der Waals surface area (Å²) in [5.41, 5.74) is 0.0131. The zero-order valence-corrected chi connectivity index (χ0v) is 11.9. The molecule has 92 valence electrons. The second-order valence-electron chi connectivity index (χ2n) is 3.95. The molecule has 1 aliphatic heterocycles. The van der Waals surface area contributed by atoms with Crippen LogP contribution >= 0.6 is 31.9 Å². The zero-order chi connectivity index (χ0) is 12.6. The molecule has 17 heavy (non-hydrogen) atoms. The van der Waals surface area contributed by atoms with Crippen molar-refractivity contribution in [3.8, 4) is 0 Å². The predicted octanol–water partition coefficient (Wildman–Crippen LogP) is 3.48. The van der Waals surface area contributed by atoms with Gasteiger partial charge in [0.1, 0.15) is 11.6 Å². The van der Waals surface area contributed by atoms with E-state index in [1.165, 1.54) is 4.90 Å². The van der Waals surface area contributed by atoms with Crippen LogP contribution in [0.4, 0.5) is 14.5 Å². The molecule has 0 saturated carbocycles. The van der Waals surface area contributed by atoms with Crippen LogP contribution < -0.4 is 4.90 Å². The maximum Gasteiger partial charge on any atom is 0.227 e. The number of alkyl halides is 1. The lowest BCUT2D eigenvalue weighted by Crippen LogP contribution is -2.25. The SMILES string of the molecule is O=C1CC(CBr)CN1c1cc(F)c(Br)cc1F. The molecule has 0 radical (unpaired) electrons. The van der Waals surface area contributed by atoms with Crippen LogP contribution in [0.3, 0.4) is 0 Å². The predicted molar refractivity (Wildman–Crippen MR) is 68.3 cm³/mol. The van der Waals surface area contributed by atoms with Crippen molar-refractivity contribution in [2.24, 2.45) is 5.92 Å². The average molecular weight is 369 g/mol. The van der Waals surface area contributed by atoms with Crippen LogP contribution in [0, 0.1) is 17.6 Å². The average Bonchev–Trinajstić information content (AvgIpc) is 2.65. The number of halogens is 4. The lowest BCUT2D eigenvalue weighted by Gasteiger charge is -2.17. The highest BCUT2D eigenvalue weighted by atomic mass is 79.9. The molecule has 1 fully saturated rings. The number of hydrogen-bond acceptors (Lipinski definition) is 1. The summed E-state index contributed by atoms with van der Waals surface area (Å²) in [6.07, 6.45) is 0.363. The zero-order valence-electron chi connectivity index (χ0n) is 8.72. The Labute approximate surface area is 114 Å². The Morgan fingerprint density at radius 3 is 2.65 bits per heavy atom. The van der Waals surface area contributed by atoms with E-state index in [0.717, 1.165) is 12.1 Å². The van der Waals surface area contributed by atoms with Gasteiger partial charge in [0.2, 0.25) is 5.91 Å². The first-order valence-electron chi connectivity index (χ1n) is 5.03. The lowest BCUT2D eigenvalue weighted by atomic mass is 10.2. The molecule has 0 spiro atoms. The van der Waals surface area contributed by atoms with Crippen LogP contribution in [-0.2, 0) is 4.79 Å². The van der Waals surface area contributed by atoms with E-state index in [0.29, 0.717) is 18.3 Å². The Balaban J connectivity index is 2.35. The van der Waals surface area contributed by atoms with Crippen LogP contribution in [0.15, 0.2) is 16.6 Å². The van der Waals surface area contributed by atoms with E-state index in [1.807, 2.05) is 0 Å². The lowest BCUT2D eigenvalue weighted by molar-refractivity contribution is -0.117. The number of anilines is 1. The first-order chi connectivity index (χ1) is 8.02. The van der Waals surface area contributed by atoms with Gasteiger partial charge < -0.3 is 4.90 Å². The van der Waals surface area contributed by atoms with Crippen molar-refractivity contribution < 1.29 is 13.6 Å². The number of benzene rings is 1. The maximum absolute atomic E-state index is 13.7. The third kappa shape index (κ3) is 2.52. The summed E-state index contributed by atoms with van der Waals surface area (Å²) in [5, 5.41) is 0.676. The summed E-state index contributed by atoms with van der Waals surface area (Å²) < 4.78 is 27.1. The first-order valence-corrected chi connectivity index (χ1v) is 6.95. The molecule has 0 bridgehead atoms. The summed E-state index contributed by atoms with van der Waals surface area (Å²) in [6, 6.07) is 2.09. The van der Waals surface area contributed by atoms with Crippen LogP contribution in [0.5, 0.6) is 0 Å². The molecule has 1 aliphatic rings. The standard InChI is InChI=1S/C11H9Br2F2NO/c12-4-6-1-11(17)16(5-6)10-3-8(14)7(13)2-9(10)15/h2-3,6H,1,4-5H2. The Hall–Kier alpha value is -0.490. The Bertz CT molecular complexity index is 467. The third-order valence-corrected chi connectivity index (χ3v) is 4.23. The van der Waals surface area contributed by atoms with Crippen molar-refractivity contribution in [2.45, 2.75) is 6.42 Å². The molecule has 6 heteroatoms. The highest BCUT2D eigenvalue weighted by Gasteiger charge is 2.31. The van der Waals surface area contributed by atoms with Gasteiger partial charge in [0, 0.05) is 24.4 Å². The molecule has 1 amide bonds. The number of amides is 1. The van der Waals surface area contributed by atoms with Crippen molar-refractivity contribution >= 4 is 43.5 Å². The van der Waals surface area contributed by atoms with Gasteiger partial charge in [-0.25, -0.2) is 8.78 Å². The third-order valence-electron chi connectivity index (χ3n) is 2.70. The fourth-order valence-electron chi connectivity index (χ4n) is 1.84. The van der Waals surface area contributed by atoms with Gasteiger partial charge in [-0.15, -0.1) is 0 Å². The molecule has 1 atom stereocenters. The normalized spacial score (nSPS) is 20.1. The van der Waals surface area contributed by atoms with E-state index in [1.54, 1.807) is 0 Å². The number of carbonyl (C=O) groups excluding carboxylic acids is 1. The molecule has 2 rings (SSSR count). The Kier molecular flexibility index (Phi) is 3.82. The van der Waals surface area contributed by atoms with Gasteiger partial charge in [0.15, 0.2) is 0 Å². The van der Waals surface area contributed by atoms with Crippen LogP contribution in [0.25, 0.3) is 0 Å². The molecule has 0 aromatic heterocycles. The summed E-state index contributed by atoms with van der Waals surface area (Å²) in [4.78, 5) is 13.0. The van der Waals surface area contributed by atoms with Gasteiger partial charge in [-0.1, -0.05) is 15.9 Å². The molecule has 1 unspecified atom stereocenters. The second-order valence-corrected chi connectivity index (χ2v) is 5.45. The Morgan fingerprint density at radius 2 is 2.06 bits per heavy atom. The van der Waals surface area contributed by atoms with Crippen LogP contribution in [0.1, 0.15) is 6.42 Å². The first kappa shape index (κ1) is 13.0. The molecule has 1 saturated heterocycles. The van der Waals surface area contributed by atoms with Crippen molar-refractivity contribution in [1.29, 1.82) is 0 Å². The minimum absolute atomic E-state index is 0.0131.